The Kier molecular flexibility index (Phi) is 6.00. The maximum absolute atomic E-state index is 12.7. The topological polar surface area (TPSA) is 50.2 Å². The molecule has 0 radical (unpaired) electrons. The highest BCUT2D eigenvalue weighted by Gasteiger charge is 2.24. The average molecular weight is 306 g/mol. The number of carbonyl (C=O) groups is 1. The fraction of sp³-hybridized carbons (Fsp3) is 0.765. The minimum Gasteiger partial charge on any atom is -0.340 e. The summed E-state index contributed by atoms with van der Waals surface area (Å²) in [6, 6.07) is 0.421. The summed E-state index contributed by atoms with van der Waals surface area (Å²) in [5.74, 6) is 0.302. The van der Waals surface area contributed by atoms with E-state index in [0.717, 1.165) is 51.0 Å². The van der Waals surface area contributed by atoms with Gasteiger partial charge in [-0.3, -0.25) is 9.48 Å². The number of amides is 1. The van der Waals surface area contributed by atoms with E-state index in [9.17, 15) is 4.79 Å². The Morgan fingerprint density at radius 3 is 2.59 bits per heavy atom. The first kappa shape index (κ1) is 17.0. The molecule has 1 aliphatic heterocycles. The van der Waals surface area contributed by atoms with E-state index in [4.69, 9.17) is 0 Å². The van der Waals surface area contributed by atoms with Crippen LogP contribution >= 0.6 is 0 Å². The van der Waals surface area contributed by atoms with Crippen molar-refractivity contribution in [3.8, 4) is 0 Å². The Morgan fingerprint density at radius 1 is 1.36 bits per heavy atom. The van der Waals surface area contributed by atoms with E-state index < -0.39 is 0 Å². The van der Waals surface area contributed by atoms with Crippen LogP contribution in [0.5, 0.6) is 0 Å². The molecule has 0 unspecified atom stereocenters. The van der Waals surface area contributed by atoms with Crippen LogP contribution in [0.25, 0.3) is 0 Å². The van der Waals surface area contributed by atoms with Gasteiger partial charge < -0.3 is 10.2 Å². The summed E-state index contributed by atoms with van der Waals surface area (Å²) < 4.78 is 1.91. The lowest BCUT2D eigenvalue weighted by Crippen LogP contribution is -2.46. The molecule has 0 aliphatic carbocycles. The van der Waals surface area contributed by atoms with Crippen LogP contribution in [0.2, 0.25) is 0 Å². The lowest BCUT2D eigenvalue weighted by Gasteiger charge is -2.34. The van der Waals surface area contributed by atoms with E-state index in [-0.39, 0.29) is 0 Å². The zero-order valence-electron chi connectivity index (χ0n) is 14.5. The summed E-state index contributed by atoms with van der Waals surface area (Å²) in [6.07, 6.45) is 4.58. The van der Waals surface area contributed by atoms with Crippen LogP contribution in [0.3, 0.4) is 0 Å². The van der Waals surface area contributed by atoms with Crippen LogP contribution in [-0.2, 0) is 18.3 Å². The van der Waals surface area contributed by atoms with Crippen LogP contribution in [-0.4, -0.2) is 46.3 Å². The Labute approximate surface area is 134 Å². The molecule has 22 heavy (non-hydrogen) atoms. The Balaban J connectivity index is 1.98. The van der Waals surface area contributed by atoms with Crippen molar-refractivity contribution >= 4 is 5.91 Å². The van der Waals surface area contributed by atoms with Crippen molar-refractivity contribution in [2.75, 3.05) is 19.6 Å². The highest BCUT2D eigenvalue weighted by molar-refractivity contribution is 5.77. The molecule has 5 heteroatoms. The maximum Gasteiger partial charge on any atom is 0.223 e. The normalized spacial score (nSPS) is 16.0. The van der Waals surface area contributed by atoms with Gasteiger partial charge in [0.2, 0.25) is 5.91 Å². The van der Waals surface area contributed by atoms with E-state index in [2.05, 4.69) is 29.2 Å². The Bertz CT molecular complexity index is 503. The molecule has 124 valence electrons. The van der Waals surface area contributed by atoms with Crippen molar-refractivity contribution in [3.05, 3.63) is 17.0 Å². The molecule has 1 aromatic rings. The first-order valence-corrected chi connectivity index (χ1v) is 8.53. The number of hydrogen-bond donors (Lipinski definition) is 1. The molecular weight excluding hydrogens is 276 g/mol. The first-order valence-electron chi connectivity index (χ1n) is 8.53. The SMILES string of the molecule is CCCN(C(=O)CCc1c(C)nn(C)c1C)C1CCNCC1. The van der Waals surface area contributed by atoms with Gasteiger partial charge in [0.05, 0.1) is 5.69 Å². The molecule has 5 nitrogen and oxygen atoms in total. The second-order valence-electron chi connectivity index (χ2n) is 6.34. The van der Waals surface area contributed by atoms with Crippen molar-refractivity contribution < 1.29 is 4.79 Å². The molecule has 0 aromatic carbocycles. The van der Waals surface area contributed by atoms with Crippen molar-refractivity contribution in [1.82, 2.24) is 20.0 Å². The highest BCUT2D eigenvalue weighted by atomic mass is 16.2. The summed E-state index contributed by atoms with van der Waals surface area (Å²) in [6.45, 7) is 9.20. The number of aryl methyl sites for hydroxylation is 2. The maximum atomic E-state index is 12.7. The number of hydrogen-bond acceptors (Lipinski definition) is 3. The van der Waals surface area contributed by atoms with Gasteiger partial charge >= 0.3 is 0 Å². The van der Waals surface area contributed by atoms with Crippen molar-refractivity contribution in [2.45, 2.75) is 58.9 Å². The fourth-order valence-corrected chi connectivity index (χ4v) is 3.42. The first-order chi connectivity index (χ1) is 10.5. The minimum atomic E-state index is 0.302. The van der Waals surface area contributed by atoms with Gasteiger partial charge in [0, 0.05) is 31.7 Å². The lowest BCUT2D eigenvalue weighted by atomic mass is 10.0. The predicted octanol–water partition coefficient (Wildman–Crippen LogP) is 1.96. The molecule has 1 aliphatic rings. The van der Waals surface area contributed by atoms with E-state index >= 15 is 0 Å². The van der Waals surface area contributed by atoms with E-state index in [1.54, 1.807) is 0 Å². The van der Waals surface area contributed by atoms with E-state index in [1.165, 1.54) is 11.3 Å². The molecule has 0 bridgehead atoms. The number of carbonyl (C=O) groups excluding carboxylic acids is 1. The number of nitrogens with zero attached hydrogens (tertiary/aromatic N) is 3. The molecule has 1 N–H and O–H groups in total. The average Bonchev–Trinajstić information content (AvgIpc) is 2.76. The Morgan fingerprint density at radius 2 is 2.05 bits per heavy atom. The molecular formula is C17H30N4O. The number of rotatable bonds is 6. The van der Waals surface area contributed by atoms with Gasteiger partial charge in [-0.25, -0.2) is 0 Å². The van der Waals surface area contributed by atoms with Crippen LogP contribution in [0.1, 0.15) is 49.6 Å². The third kappa shape index (κ3) is 3.88. The van der Waals surface area contributed by atoms with Gasteiger partial charge in [0.15, 0.2) is 0 Å². The van der Waals surface area contributed by atoms with Gasteiger partial charge in [-0.15, -0.1) is 0 Å². The zero-order valence-corrected chi connectivity index (χ0v) is 14.5. The number of nitrogens with one attached hydrogen (secondary N) is 1. The number of aromatic nitrogens is 2. The zero-order chi connectivity index (χ0) is 16.1. The van der Waals surface area contributed by atoms with Crippen LogP contribution < -0.4 is 5.32 Å². The largest absolute Gasteiger partial charge is 0.340 e. The van der Waals surface area contributed by atoms with Crippen molar-refractivity contribution in [2.24, 2.45) is 7.05 Å². The van der Waals surface area contributed by atoms with Gasteiger partial charge in [0.25, 0.3) is 0 Å². The van der Waals surface area contributed by atoms with Crippen LogP contribution in [0, 0.1) is 13.8 Å². The standard InChI is InChI=1S/C17H30N4O/c1-5-12-21(15-8-10-18-11-9-15)17(22)7-6-16-13(2)19-20(4)14(16)3/h15,18H,5-12H2,1-4H3. The molecule has 0 atom stereocenters. The molecule has 1 saturated heterocycles. The van der Waals surface area contributed by atoms with Gasteiger partial charge in [-0.05, 0) is 58.2 Å². The highest BCUT2D eigenvalue weighted by Crippen LogP contribution is 2.18. The van der Waals surface area contributed by atoms with Gasteiger partial charge in [0.1, 0.15) is 0 Å². The molecule has 2 heterocycles. The quantitative estimate of drug-likeness (QED) is 0.874. The number of piperidine rings is 1. The van der Waals surface area contributed by atoms with Gasteiger partial charge in [-0.1, -0.05) is 6.92 Å². The summed E-state index contributed by atoms with van der Waals surface area (Å²) in [7, 11) is 1.96. The van der Waals surface area contributed by atoms with Gasteiger partial charge in [-0.2, -0.15) is 5.10 Å². The summed E-state index contributed by atoms with van der Waals surface area (Å²) in [5, 5.41) is 7.82. The molecule has 1 aromatic heterocycles. The molecule has 2 rings (SSSR count). The second kappa shape index (κ2) is 7.77. The summed E-state index contributed by atoms with van der Waals surface area (Å²) in [4.78, 5) is 14.8. The van der Waals surface area contributed by atoms with Crippen molar-refractivity contribution in [1.29, 1.82) is 0 Å². The third-order valence-corrected chi connectivity index (χ3v) is 4.78. The van der Waals surface area contributed by atoms with E-state index in [1.807, 2.05) is 18.7 Å². The summed E-state index contributed by atoms with van der Waals surface area (Å²) >= 11 is 0. The lowest BCUT2D eigenvalue weighted by molar-refractivity contribution is -0.134. The molecule has 1 amide bonds. The minimum absolute atomic E-state index is 0.302. The molecule has 0 saturated carbocycles. The van der Waals surface area contributed by atoms with E-state index in [0.29, 0.717) is 18.4 Å². The monoisotopic (exact) mass is 306 g/mol. The predicted molar refractivity (Wildman–Crippen MR) is 88.9 cm³/mol. The molecule has 0 spiro atoms. The summed E-state index contributed by atoms with van der Waals surface area (Å²) in [5.41, 5.74) is 3.46. The smallest absolute Gasteiger partial charge is 0.223 e. The third-order valence-electron chi connectivity index (χ3n) is 4.78. The Hall–Kier alpha value is -1.36. The van der Waals surface area contributed by atoms with Crippen LogP contribution in [0.4, 0.5) is 0 Å². The van der Waals surface area contributed by atoms with Crippen molar-refractivity contribution in [3.63, 3.8) is 0 Å². The molecule has 1 fully saturated rings. The fourth-order valence-electron chi connectivity index (χ4n) is 3.42. The second-order valence-corrected chi connectivity index (χ2v) is 6.34. The van der Waals surface area contributed by atoms with Crippen LogP contribution in [0.15, 0.2) is 0 Å².